The molecule has 0 aliphatic heterocycles. The van der Waals surface area contributed by atoms with E-state index in [0.717, 1.165) is 0 Å². The summed E-state index contributed by atoms with van der Waals surface area (Å²) in [6, 6.07) is 8.67. The average Bonchev–Trinajstić information content (AvgIpc) is 2.41. The van der Waals surface area contributed by atoms with Crippen LogP contribution in [0, 0.1) is 0 Å². The van der Waals surface area contributed by atoms with Gasteiger partial charge in [-0.3, -0.25) is 4.79 Å². The van der Waals surface area contributed by atoms with Crippen molar-refractivity contribution < 1.29 is 18.3 Å². The van der Waals surface area contributed by atoms with Crippen LogP contribution >= 0.6 is 0 Å². The number of nitrogen functional groups attached to an aromatic ring is 1. The predicted octanol–water partition coefficient (Wildman–Crippen LogP) is 2.52. The lowest BCUT2D eigenvalue weighted by atomic mass is 10.2. The maximum absolute atomic E-state index is 12.0. The topological polar surface area (TPSA) is 77.2 Å². The molecule has 2 aromatic rings. The van der Waals surface area contributed by atoms with E-state index < -0.39 is 12.5 Å². The zero-order valence-electron chi connectivity index (χ0n) is 10.2. The molecule has 1 aromatic heterocycles. The lowest BCUT2D eigenvalue weighted by Gasteiger charge is -2.08. The summed E-state index contributed by atoms with van der Waals surface area (Å²) in [5.41, 5.74) is 6.25. The molecule has 0 atom stereocenters. The van der Waals surface area contributed by atoms with Crippen LogP contribution in [0.4, 0.5) is 20.3 Å². The minimum atomic E-state index is -2.88. The SMILES string of the molecule is Nc1ncccc1C(=O)Nc1ccc(OC(F)F)cc1. The van der Waals surface area contributed by atoms with Gasteiger partial charge in [0, 0.05) is 11.9 Å². The standard InChI is InChI=1S/C13H11F2N3O2/c14-13(15)20-9-5-3-8(4-6-9)18-12(19)10-2-1-7-17-11(10)16/h1-7,13H,(H2,16,17)(H,18,19). The third-order valence-electron chi connectivity index (χ3n) is 2.42. The summed E-state index contributed by atoms with van der Waals surface area (Å²) >= 11 is 0. The van der Waals surface area contributed by atoms with Crippen LogP contribution in [-0.2, 0) is 0 Å². The van der Waals surface area contributed by atoms with Gasteiger partial charge in [-0.15, -0.1) is 0 Å². The molecular weight excluding hydrogens is 268 g/mol. The summed E-state index contributed by atoms with van der Waals surface area (Å²) in [6.45, 7) is -2.88. The summed E-state index contributed by atoms with van der Waals surface area (Å²) in [4.78, 5) is 15.7. The molecule has 1 heterocycles. The van der Waals surface area contributed by atoms with Gasteiger partial charge in [-0.1, -0.05) is 0 Å². The van der Waals surface area contributed by atoms with Gasteiger partial charge >= 0.3 is 6.61 Å². The number of ether oxygens (including phenoxy) is 1. The van der Waals surface area contributed by atoms with Crippen LogP contribution in [0.3, 0.4) is 0 Å². The molecule has 3 N–H and O–H groups in total. The lowest BCUT2D eigenvalue weighted by molar-refractivity contribution is -0.0498. The van der Waals surface area contributed by atoms with Gasteiger partial charge in [0.05, 0.1) is 5.56 Å². The number of halogens is 2. The number of pyridine rings is 1. The van der Waals surface area contributed by atoms with E-state index in [4.69, 9.17) is 5.73 Å². The molecule has 1 aromatic carbocycles. The van der Waals surface area contributed by atoms with E-state index in [-0.39, 0.29) is 17.1 Å². The van der Waals surface area contributed by atoms with E-state index in [1.54, 1.807) is 6.07 Å². The van der Waals surface area contributed by atoms with Gasteiger partial charge < -0.3 is 15.8 Å². The van der Waals surface area contributed by atoms with Crippen molar-refractivity contribution in [2.24, 2.45) is 0 Å². The van der Waals surface area contributed by atoms with E-state index in [2.05, 4.69) is 15.0 Å². The van der Waals surface area contributed by atoms with Gasteiger partial charge in [0.25, 0.3) is 5.91 Å². The van der Waals surface area contributed by atoms with Crippen molar-refractivity contribution in [3.8, 4) is 5.75 Å². The van der Waals surface area contributed by atoms with Crippen LogP contribution in [0.15, 0.2) is 42.6 Å². The summed E-state index contributed by atoms with van der Waals surface area (Å²) in [5, 5.41) is 2.58. The molecule has 0 spiro atoms. The van der Waals surface area contributed by atoms with E-state index >= 15 is 0 Å². The fraction of sp³-hybridized carbons (Fsp3) is 0.0769. The van der Waals surface area contributed by atoms with E-state index in [1.165, 1.54) is 36.5 Å². The maximum Gasteiger partial charge on any atom is 0.387 e. The van der Waals surface area contributed by atoms with Gasteiger partial charge in [0.15, 0.2) is 0 Å². The van der Waals surface area contributed by atoms with Gasteiger partial charge in [0.2, 0.25) is 0 Å². The number of rotatable bonds is 4. The zero-order valence-corrected chi connectivity index (χ0v) is 10.2. The summed E-state index contributed by atoms with van der Waals surface area (Å²) in [7, 11) is 0. The number of hydrogen-bond donors (Lipinski definition) is 2. The Bertz CT molecular complexity index is 603. The Kier molecular flexibility index (Phi) is 4.09. The first kappa shape index (κ1) is 13.7. The van der Waals surface area contributed by atoms with Gasteiger partial charge in [0.1, 0.15) is 11.6 Å². The highest BCUT2D eigenvalue weighted by molar-refractivity contribution is 6.07. The Morgan fingerprint density at radius 2 is 1.95 bits per heavy atom. The third-order valence-corrected chi connectivity index (χ3v) is 2.42. The van der Waals surface area contributed by atoms with Crippen LogP contribution in [0.2, 0.25) is 0 Å². The first-order valence-electron chi connectivity index (χ1n) is 5.63. The molecule has 0 fully saturated rings. The Morgan fingerprint density at radius 3 is 2.55 bits per heavy atom. The Morgan fingerprint density at radius 1 is 1.25 bits per heavy atom. The number of hydrogen-bond acceptors (Lipinski definition) is 4. The van der Waals surface area contributed by atoms with Crippen molar-refractivity contribution in [3.63, 3.8) is 0 Å². The molecule has 0 aliphatic rings. The van der Waals surface area contributed by atoms with Gasteiger partial charge in [-0.2, -0.15) is 8.78 Å². The highest BCUT2D eigenvalue weighted by Crippen LogP contribution is 2.18. The van der Waals surface area contributed by atoms with Gasteiger partial charge in [-0.05, 0) is 36.4 Å². The molecule has 2 rings (SSSR count). The minimum absolute atomic E-state index is 0.0129. The molecule has 0 saturated carbocycles. The predicted molar refractivity (Wildman–Crippen MR) is 69.7 cm³/mol. The van der Waals surface area contributed by atoms with E-state index in [9.17, 15) is 13.6 Å². The van der Waals surface area contributed by atoms with Crippen LogP contribution in [-0.4, -0.2) is 17.5 Å². The molecule has 104 valence electrons. The molecule has 20 heavy (non-hydrogen) atoms. The monoisotopic (exact) mass is 279 g/mol. The second-order valence-electron chi connectivity index (χ2n) is 3.79. The van der Waals surface area contributed by atoms with Crippen molar-refractivity contribution in [2.75, 3.05) is 11.1 Å². The normalized spacial score (nSPS) is 10.3. The Balaban J connectivity index is 2.07. The molecule has 5 nitrogen and oxygen atoms in total. The van der Waals surface area contributed by atoms with Crippen LogP contribution < -0.4 is 15.8 Å². The maximum atomic E-state index is 12.0. The first-order chi connectivity index (χ1) is 9.56. The second-order valence-corrected chi connectivity index (χ2v) is 3.79. The number of anilines is 2. The molecular formula is C13H11F2N3O2. The highest BCUT2D eigenvalue weighted by Gasteiger charge is 2.10. The highest BCUT2D eigenvalue weighted by atomic mass is 19.3. The van der Waals surface area contributed by atoms with Crippen molar-refractivity contribution >= 4 is 17.4 Å². The quantitative estimate of drug-likeness (QED) is 0.901. The largest absolute Gasteiger partial charge is 0.435 e. The lowest BCUT2D eigenvalue weighted by Crippen LogP contribution is -2.14. The molecule has 1 amide bonds. The molecule has 0 aliphatic carbocycles. The number of carbonyl (C=O) groups is 1. The van der Waals surface area contributed by atoms with E-state index in [1.807, 2.05) is 0 Å². The summed E-state index contributed by atoms with van der Waals surface area (Å²) in [5.74, 6) is -0.306. The number of carbonyl (C=O) groups excluding carboxylic acids is 1. The summed E-state index contributed by atoms with van der Waals surface area (Å²) in [6.07, 6.45) is 1.47. The van der Waals surface area contributed by atoms with Crippen molar-refractivity contribution in [1.82, 2.24) is 4.98 Å². The zero-order chi connectivity index (χ0) is 14.5. The number of benzene rings is 1. The molecule has 0 unspecified atom stereocenters. The van der Waals surface area contributed by atoms with Crippen LogP contribution in [0.25, 0.3) is 0 Å². The number of amides is 1. The fourth-order valence-electron chi connectivity index (χ4n) is 1.53. The number of nitrogens with two attached hydrogens (primary N) is 1. The number of nitrogens with one attached hydrogen (secondary N) is 1. The van der Waals surface area contributed by atoms with Crippen molar-refractivity contribution in [1.29, 1.82) is 0 Å². The van der Waals surface area contributed by atoms with E-state index in [0.29, 0.717) is 5.69 Å². The molecule has 0 bridgehead atoms. The van der Waals surface area contributed by atoms with Crippen molar-refractivity contribution in [2.45, 2.75) is 6.61 Å². The first-order valence-corrected chi connectivity index (χ1v) is 5.63. The third kappa shape index (κ3) is 3.41. The fourth-order valence-corrected chi connectivity index (χ4v) is 1.53. The van der Waals surface area contributed by atoms with Crippen molar-refractivity contribution in [3.05, 3.63) is 48.2 Å². The minimum Gasteiger partial charge on any atom is -0.435 e. The summed E-state index contributed by atoms with van der Waals surface area (Å²) < 4.78 is 28.2. The number of aromatic nitrogens is 1. The van der Waals surface area contributed by atoms with Crippen LogP contribution in [0.1, 0.15) is 10.4 Å². The molecule has 0 radical (unpaired) electrons. The van der Waals surface area contributed by atoms with Crippen LogP contribution in [0.5, 0.6) is 5.75 Å². The number of alkyl halides is 2. The smallest absolute Gasteiger partial charge is 0.387 e. The Labute approximate surface area is 113 Å². The van der Waals surface area contributed by atoms with Gasteiger partial charge in [-0.25, -0.2) is 4.98 Å². The molecule has 0 saturated heterocycles. The average molecular weight is 279 g/mol. The number of nitrogens with zero attached hydrogens (tertiary/aromatic N) is 1. The second kappa shape index (κ2) is 5.96. The molecule has 7 heteroatoms. The Hall–Kier alpha value is -2.70.